The molecule has 2 amide bonds. The summed E-state index contributed by atoms with van der Waals surface area (Å²) in [4.78, 5) is 14.4. The Morgan fingerprint density at radius 1 is 0.935 bits per heavy atom. The van der Waals surface area contributed by atoms with Crippen molar-refractivity contribution in [2.24, 2.45) is 0 Å². The maximum atomic E-state index is 13.1. The van der Waals surface area contributed by atoms with E-state index in [0.29, 0.717) is 34.7 Å². The Labute approximate surface area is 182 Å². The van der Waals surface area contributed by atoms with Crippen LogP contribution in [0.2, 0.25) is 0 Å². The van der Waals surface area contributed by atoms with Crippen molar-refractivity contribution < 1.29 is 17.9 Å². The average molecular weight is 437 g/mol. The van der Waals surface area contributed by atoms with Crippen LogP contribution in [-0.2, 0) is 10.0 Å². The molecule has 0 aromatic heterocycles. The molecule has 1 N–H and O–H groups in total. The Morgan fingerprint density at radius 2 is 1.52 bits per heavy atom. The second-order valence-corrected chi connectivity index (χ2v) is 8.22. The minimum absolute atomic E-state index is 0.462. The van der Waals surface area contributed by atoms with E-state index in [-0.39, 0.29) is 0 Å². The van der Waals surface area contributed by atoms with Gasteiger partial charge in [0.2, 0.25) is 0 Å². The summed E-state index contributed by atoms with van der Waals surface area (Å²) in [5.41, 5.74) is 2.37. The number of sulfonamides is 1. The highest BCUT2D eigenvalue weighted by Gasteiger charge is 2.22. The molecule has 0 saturated carbocycles. The SMILES string of the molecule is CC/C(=C/S(=O)(=O)NC(=O)N(c1ccccc1)c1ccccc1)c1cccc(OC)c1. The number of urea groups is 1. The summed E-state index contributed by atoms with van der Waals surface area (Å²) in [6.45, 7) is 1.85. The molecule has 0 aliphatic heterocycles. The van der Waals surface area contributed by atoms with Crippen LogP contribution in [0.3, 0.4) is 0 Å². The molecule has 0 bridgehead atoms. The number of benzene rings is 3. The molecule has 0 aliphatic carbocycles. The summed E-state index contributed by atoms with van der Waals surface area (Å²) in [6.07, 6.45) is 0.462. The fourth-order valence-electron chi connectivity index (χ4n) is 3.10. The van der Waals surface area contributed by atoms with E-state index in [1.165, 1.54) is 4.90 Å². The van der Waals surface area contributed by atoms with E-state index in [1.807, 2.05) is 19.1 Å². The van der Waals surface area contributed by atoms with Gasteiger partial charge in [0, 0.05) is 0 Å². The van der Waals surface area contributed by atoms with Crippen LogP contribution in [0.5, 0.6) is 5.75 Å². The first-order valence-corrected chi connectivity index (χ1v) is 11.3. The number of rotatable bonds is 7. The number of methoxy groups -OCH3 is 1. The third-order valence-corrected chi connectivity index (χ3v) is 5.63. The normalized spacial score (nSPS) is 11.6. The number of ether oxygens (including phenoxy) is 1. The first-order valence-electron chi connectivity index (χ1n) is 9.75. The standard InChI is InChI=1S/C24H24N2O4S/c1-3-19(20-11-10-16-23(17-20)30-2)18-31(28,29)25-24(27)26(21-12-6-4-7-13-21)22-14-8-5-9-15-22/h4-18H,3H2,1-2H3,(H,25,27)/b19-18-. The zero-order chi connectivity index (χ0) is 22.3. The monoisotopic (exact) mass is 436 g/mol. The van der Waals surface area contributed by atoms with E-state index in [1.54, 1.807) is 79.9 Å². The van der Waals surface area contributed by atoms with Gasteiger partial charge < -0.3 is 4.74 Å². The Kier molecular flexibility index (Phi) is 7.10. The lowest BCUT2D eigenvalue weighted by molar-refractivity contribution is 0.253. The minimum Gasteiger partial charge on any atom is -0.497 e. The number of amides is 2. The highest BCUT2D eigenvalue weighted by molar-refractivity contribution is 7.93. The van der Waals surface area contributed by atoms with Crippen molar-refractivity contribution in [1.82, 2.24) is 4.72 Å². The summed E-state index contributed by atoms with van der Waals surface area (Å²) < 4.78 is 33.1. The van der Waals surface area contributed by atoms with Crippen molar-refractivity contribution in [1.29, 1.82) is 0 Å². The number of nitrogens with zero attached hydrogens (tertiary/aromatic N) is 1. The van der Waals surface area contributed by atoms with E-state index < -0.39 is 16.1 Å². The van der Waals surface area contributed by atoms with Crippen LogP contribution in [0.15, 0.2) is 90.3 Å². The number of allylic oxidation sites excluding steroid dienone is 1. The topological polar surface area (TPSA) is 75.7 Å². The zero-order valence-corrected chi connectivity index (χ0v) is 18.2. The maximum Gasteiger partial charge on any atom is 0.340 e. The first kappa shape index (κ1) is 22.1. The molecule has 160 valence electrons. The molecule has 0 fully saturated rings. The summed E-state index contributed by atoms with van der Waals surface area (Å²) in [7, 11) is -2.52. The molecule has 3 rings (SSSR count). The fraction of sp³-hybridized carbons (Fsp3) is 0.125. The number of nitrogens with one attached hydrogen (secondary N) is 1. The number of hydrogen-bond acceptors (Lipinski definition) is 4. The van der Waals surface area contributed by atoms with Crippen LogP contribution in [0.25, 0.3) is 5.57 Å². The van der Waals surface area contributed by atoms with Gasteiger partial charge in [-0.3, -0.25) is 4.90 Å². The fourth-order valence-corrected chi connectivity index (χ4v) is 4.17. The van der Waals surface area contributed by atoms with Gasteiger partial charge in [0.05, 0.1) is 23.9 Å². The third kappa shape index (κ3) is 5.73. The number of carbonyl (C=O) groups is 1. The lowest BCUT2D eigenvalue weighted by atomic mass is 10.1. The molecule has 0 saturated heterocycles. The molecule has 6 nitrogen and oxygen atoms in total. The Morgan fingerprint density at radius 3 is 2.03 bits per heavy atom. The second kappa shape index (κ2) is 9.95. The summed E-state index contributed by atoms with van der Waals surface area (Å²) >= 11 is 0. The Bertz CT molecular complexity index is 1120. The van der Waals surface area contributed by atoms with Gasteiger partial charge in [-0.15, -0.1) is 0 Å². The van der Waals surface area contributed by atoms with Crippen LogP contribution in [0, 0.1) is 0 Å². The van der Waals surface area contributed by atoms with Crippen LogP contribution < -0.4 is 14.4 Å². The van der Waals surface area contributed by atoms with Crippen LogP contribution in [0.1, 0.15) is 18.9 Å². The molecule has 0 unspecified atom stereocenters. The average Bonchev–Trinajstić information content (AvgIpc) is 2.79. The molecule has 0 aliphatic rings. The smallest absolute Gasteiger partial charge is 0.340 e. The van der Waals surface area contributed by atoms with E-state index >= 15 is 0 Å². The van der Waals surface area contributed by atoms with Crippen molar-refractivity contribution in [3.63, 3.8) is 0 Å². The summed E-state index contributed by atoms with van der Waals surface area (Å²) in [5, 5.41) is 1.09. The highest BCUT2D eigenvalue weighted by atomic mass is 32.2. The molecule has 0 radical (unpaired) electrons. The van der Waals surface area contributed by atoms with E-state index in [4.69, 9.17) is 4.74 Å². The largest absolute Gasteiger partial charge is 0.497 e. The first-order chi connectivity index (χ1) is 14.9. The molecular weight excluding hydrogens is 412 g/mol. The van der Waals surface area contributed by atoms with E-state index in [2.05, 4.69) is 4.72 Å². The van der Waals surface area contributed by atoms with Crippen molar-refractivity contribution >= 4 is 33.0 Å². The van der Waals surface area contributed by atoms with Gasteiger partial charge in [-0.25, -0.2) is 17.9 Å². The van der Waals surface area contributed by atoms with Gasteiger partial charge in [0.15, 0.2) is 0 Å². The van der Waals surface area contributed by atoms with Crippen LogP contribution >= 0.6 is 0 Å². The second-order valence-electron chi connectivity index (χ2n) is 6.69. The van der Waals surface area contributed by atoms with E-state index in [0.717, 1.165) is 5.41 Å². The zero-order valence-electron chi connectivity index (χ0n) is 17.4. The summed E-state index contributed by atoms with van der Waals surface area (Å²) in [5.74, 6) is 0.623. The van der Waals surface area contributed by atoms with Gasteiger partial charge in [-0.1, -0.05) is 55.5 Å². The molecule has 7 heteroatoms. The van der Waals surface area contributed by atoms with Crippen molar-refractivity contribution in [2.75, 3.05) is 12.0 Å². The van der Waals surface area contributed by atoms with Crippen molar-refractivity contribution in [3.8, 4) is 5.75 Å². The number of carbonyl (C=O) groups excluding carboxylic acids is 1. The van der Waals surface area contributed by atoms with Gasteiger partial charge in [0.1, 0.15) is 5.75 Å². The van der Waals surface area contributed by atoms with Crippen molar-refractivity contribution in [3.05, 3.63) is 95.9 Å². The predicted octanol–water partition coefficient (Wildman–Crippen LogP) is 5.32. The Balaban J connectivity index is 1.92. The van der Waals surface area contributed by atoms with Gasteiger partial charge in [0.25, 0.3) is 10.0 Å². The lowest BCUT2D eigenvalue weighted by Gasteiger charge is -2.23. The van der Waals surface area contributed by atoms with Gasteiger partial charge in [-0.2, -0.15) is 0 Å². The Hall–Kier alpha value is -3.58. The van der Waals surface area contributed by atoms with Crippen LogP contribution in [0.4, 0.5) is 16.2 Å². The number of anilines is 2. The molecule has 3 aromatic carbocycles. The van der Waals surface area contributed by atoms with Gasteiger partial charge in [-0.05, 0) is 54.0 Å². The quantitative estimate of drug-likeness (QED) is 0.544. The van der Waals surface area contributed by atoms with Crippen molar-refractivity contribution in [2.45, 2.75) is 13.3 Å². The molecule has 0 heterocycles. The molecule has 31 heavy (non-hydrogen) atoms. The molecule has 0 spiro atoms. The maximum absolute atomic E-state index is 13.1. The molecule has 0 atom stereocenters. The third-order valence-electron chi connectivity index (χ3n) is 4.58. The predicted molar refractivity (Wildman–Crippen MR) is 124 cm³/mol. The van der Waals surface area contributed by atoms with E-state index in [9.17, 15) is 13.2 Å². The minimum atomic E-state index is -4.06. The van der Waals surface area contributed by atoms with Gasteiger partial charge >= 0.3 is 6.03 Å². The number of hydrogen-bond donors (Lipinski definition) is 1. The highest BCUT2D eigenvalue weighted by Crippen LogP contribution is 2.26. The molecular formula is C24H24N2O4S. The molecule has 3 aromatic rings. The summed E-state index contributed by atoms with van der Waals surface area (Å²) in [6, 6.07) is 24.1. The lowest BCUT2D eigenvalue weighted by Crippen LogP contribution is -2.39. The number of para-hydroxylation sites is 2. The van der Waals surface area contributed by atoms with Crippen LogP contribution in [-0.4, -0.2) is 21.6 Å².